The minimum Gasteiger partial charge on any atom is -0.377 e. The lowest BCUT2D eigenvalue weighted by atomic mass is 9.91. The lowest BCUT2D eigenvalue weighted by Gasteiger charge is -2.30. The molecule has 34 heavy (non-hydrogen) atoms. The molecule has 0 unspecified atom stereocenters. The van der Waals surface area contributed by atoms with Crippen LogP contribution in [0.5, 0.6) is 0 Å². The van der Waals surface area contributed by atoms with Crippen LogP contribution in [0.4, 0.5) is 15.8 Å². The molecule has 3 rings (SSSR count). The minimum absolute atomic E-state index is 0.0441. The zero-order chi connectivity index (χ0) is 24.9. The molecule has 1 atom stereocenters. The standard InChI is InChI=1S/C27H36FN3O3/c1-27(2,3)16-25(32)31(18-23-10-7-13-34-23)17-20-15-22(11-12-24(20)30(4)5)29-26(33)19-8-6-9-21(28)14-19/h6,8-9,11-12,14-15,23H,7,10,13,16-18H2,1-5H3,(H,29,33)/t23-/m1/s1. The van der Waals surface area contributed by atoms with Gasteiger partial charge in [0.15, 0.2) is 0 Å². The number of nitrogens with one attached hydrogen (secondary N) is 1. The van der Waals surface area contributed by atoms with E-state index in [2.05, 4.69) is 26.1 Å². The molecule has 1 aliphatic rings. The SMILES string of the molecule is CN(C)c1ccc(NC(=O)c2cccc(F)c2)cc1CN(C[C@H]1CCCO1)C(=O)CC(C)(C)C. The van der Waals surface area contributed by atoms with Crippen molar-refractivity contribution in [3.8, 4) is 0 Å². The molecule has 0 bridgehead atoms. The van der Waals surface area contributed by atoms with Gasteiger partial charge in [-0.3, -0.25) is 9.59 Å². The molecule has 0 radical (unpaired) electrons. The van der Waals surface area contributed by atoms with E-state index >= 15 is 0 Å². The summed E-state index contributed by atoms with van der Waals surface area (Å²) in [5.41, 5.74) is 2.59. The summed E-state index contributed by atoms with van der Waals surface area (Å²) in [5, 5.41) is 2.85. The number of carbonyl (C=O) groups excluding carboxylic acids is 2. The number of hydrogen-bond acceptors (Lipinski definition) is 4. The van der Waals surface area contributed by atoms with E-state index in [1.165, 1.54) is 18.2 Å². The topological polar surface area (TPSA) is 61.9 Å². The van der Waals surface area contributed by atoms with Crippen molar-refractivity contribution >= 4 is 23.2 Å². The summed E-state index contributed by atoms with van der Waals surface area (Å²) in [5.74, 6) is -0.761. The monoisotopic (exact) mass is 469 g/mol. The van der Waals surface area contributed by atoms with Crippen LogP contribution in [0.2, 0.25) is 0 Å². The summed E-state index contributed by atoms with van der Waals surface area (Å²) in [7, 11) is 3.90. The lowest BCUT2D eigenvalue weighted by Crippen LogP contribution is -2.38. The quantitative estimate of drug-likeness (QED) is 0.585. The maximum absolute atomic E-state index is 13.5. The van der Waals surface area contributed by atoms with E-state index in [1.807, 2.05) is 42.1 Å². The largest absolute Gasteiger partial charge is 0.377 e. The molecule has 2 aromatic carbocycles. The number of ether oxygens (including phenoxy) is 1. The van der Waals surface area contributed by atoms with Gasteiger partial charge in [0.05, 0.1) is 6.10 Å². The molecule has 0 aromatic heterocycles. The van der Waals surface area contributed by atoms with Crippen LogP contribution in [-0.2, 0) is 16.1 Å². The molecule has 7 heteroatoms. The van der Waals surface area contributed by atoms with E-state index in [-0.39, 0.29) is 28.9 Å². The average Bonchev–Trinajstić information content (AvgIpc) is 3.25. The first kappa shape index (κ1) is 25.7. The van der Waals surface area contributed by atoms with E-state index < -0.39 is 5.82 Å². The molecule has 1 N–H and O–H groups in total. The zero-order valence-corrected chi connectivity index (χ0v) is 20.9. The van der Waals surface area contributed by atoms with Gasteiger partial charge in [-0.05, 0) is 60.2 Å². The fourth-order valence-corrected chi connectivity index (χ4v) is 4.12. The third-order valence-electron chi connectivity index (χ3n) is 5.75. The number of halogens is 1. The first-order valence-electron chi connectivity index (χ1n) is 11.8. The van der Waals surface area contributed by atoms with Crippen molar-refractivity contribution in [2.75, 3.05) is 37.5 Å². The highest BCUT2D eigenvalue weighted by atomic mass is 19.1. The summed E-state index contributed by atoms with van der Waals surface area (Å²) < 4.78 is 19.4. The van der Waals surface area contributed by atoms with Crippen LogP contribution in [0.25, 0.3) is 0 Å². The molecule has 1 heterocycles. The van der Waals surface area contributed by atoms with Gasteiger partial charge in [0, 0.05) is 57.2 Å². The van der Waals surface area contributed by atoms with Crippen molar-refractivity contribution in [1.29, 1.82) is 0 Å². The lowest BCUT2D eigenvalue weighted by molar-refractivity contribution is -0.135. The Hall–Kier alpha value is -2.93. The Morgan fingerprint density at radius 1 is 1.15 bits per heavy atom. The molecule has 1 fully saturated rings. The molecular weight excluding hydrogens is 433 g/mol. The molecule has 1 aliphatic heterocycles. The molecule has 6 nitrogen and oxygen atoms in total. The molecule has 2 aromatic rings. The van der Waals surface area contributed by atoms with Crippen LogP contribution in [-0.4, -0.2) is 50.1 Å². The van der Waals surface area contributed by atoms with Gasteiger partial charge in [0.1, 0.15) is 5.82 Å². The third-order valence-corrected chi connectivity index (χ3v) is 5.75. The number of anilines is 2. The number of carbonyl (C=O) groups is 2. The molecule has 0 saturated carbocycles. The van der Waals surface area contributed by atoms with E-state index in [0.29, 0.717) is 25.2 Å². The first-order chi connectivity index (χ1) is 16.0. The van der Waals surface area contributed by atoms with Crippen molar-refractivity contribution < 1.29 is 18.7 Å². The molecule has 2 amide bonds. The fourth-order valence-electron chi connectivity index (χ4n) is 4.12. The zero-order valence-electron chi connectivity index (χ0n) is 20.9. The Morgan fingerprint density at radius 2 is 1.91 bits per heavy atom. The molecule has 1 saturated heterocycles. The Balaban J connectivity index is 1.86. The summed E-state index contributed by atoms with van der Waals surface area (Å²) in [4.78, 5) is 29.8. The minimum atomic E-state index is -0.460. The Morgan fingerprint density at radius 3 is 2.53 bits per heavy atom. The van der Waals surface area contributed by atoms with Gasteiger partial charge in [0.2, 0.25) is 5.91 Å². The van der Waals surface area contributed by atoms with Crippen molar-refractivity contribution in [2.24, 2.45) is 5.41 Å². The number of rotatable bonds is 8. The second kappa shape index (κ2) is 11.0. The molecule has 0 spiro atoms. The molecule has 184 valence electrons. The summed E-state index contributed by atoms with van der Waals surface area (Å²) in [6.07, 6.45) is 2.44. The highest BCUT2D eigenvalue weighted by Crippen LogP contribution is 2.28. The normalized spacial score (nSPS) is 15.8. The van der Waals surface area contributed by atoms with Gasteiger partial charge < -0.3 is 19.9 Å². The van der Waals surface area contributed by atoms with Gasteiger partial charge >= 0.3 is 0 Å². The van der Waals surface area contributed by atoms with Gasteiger partial charge in [-0.25, -0.2) is 4.39 Å². The maximum Gasteiger partial charge on any atom is 0.255 e. The Labute approximate surface area is 202 Å². The van der Waals surface area contributed by atoms with Crippen LogP contribution < -0.4 is 10.2 Å². The van der Waals surface area contributed by atoms with E-state index in [1.54, 1.807) is 6.07 Å². The van der Waals surface area contributed by atoms with Gasteiger partial charge in [0.25, 0.3) is 5.91 Å². The molecular formula is C27H36FN3O3. The van der Waals surface area contributed by atoms with Crippen molar-refractivity contribution in [3.05, 3.63) is 59.4 Å². The number of nitrogens with zero attached hydrogens (tertiary/aromatic N) is 2. The number of benzene rings is 2. The average molecular weight is 470 g/mol. The van der Waals surface area contributed by atoms with E-state index in [9.17, 15) is 14.0 Å². The summed E-state index contributed by atoms with van der Waals surface area (Å²) in [6, 6.07) is 11.2. The van der Waals surface area contributed by atoms with Crippen LogP contribution in [0.3, 0.4) is 0 Å². The number of hydrogen-bond donors (Lipinski definition) is 1. The van der Waals surface area contributed by atoms with Gasteiger partial charge in [-0.2, -0.15) is 0 Å². The van der Waals surface area contributed by atoms with Crippen LogP contribution in [0.1, 0.15) is 56.0 Å². The smallest absolute Gasteiger partial charge is 0.255 e. The highest BCUT2D eigenvalue weighted by Gasteiger charge is 2.26. The van der Waals surface area contributed by atoms with Crippen LogP contribution >= 0.6 is 0 Å². The second-order valence-electron chi connectivity index (χ2n) is 10.3. The number of amides is 2. The predicted octanol–water partition coefficient (Wildman–Crippen LogP) is 5.09. The van der Waals surface area contributed by atoms with Crippen molar-refractivity contribution in [1.82, 2.24) is 4.90 Å². The second-order valence-corrected chi connectivity index (χ2v) is 10.3. The van der Waals surface area contributed by atoms with E-state index in [0.717, 1.165) is 30.7 Å². The summed E-state index contributed by atoms with van der Waals surface area (Å²) >= 11 is 0. The Kier molecular flexibility index (Phi) is 8.31. The van der Waals surface area contributed by atoms with Crippen molar-refractivity contribution in [2.45, 2.75) is 52.7 Å². The first-order valence-corrected chi connectivity index (χ1v) is 11.8. The highest BCUT2D eigenvalue weighted by molar-refractivity contribution is 6.04. The molecule has 0 aliphatic carbocycles. The van der Waals surface area contributed by atoms with Gasteiger partial charge in [-0.15, -0.1) is 0 Å². The maximum atomic E-state index is 13.5. The van der Waals surface area contributed by atoms with Crippen molar-refractivity contribution in [3.63, 3.8) is 0 Å². The third kappa shape index (κ3) is 7.29. The Bertz CT molecular complexity index is 1010. The van der Waals surface area contributed by atoms with Gasteiger partial charge in [-0.1, -0.05) is 26.8 Å². The van der Waals surface area contributed by atoms with Crippen LogP contribution in [0, 0.1) is 11.2 Å². The van der Waals surface area contributed by atoms with Crippen LogP contribution in [0.15, 0.2) is 42.5 Å². The fraction of sp³-hybridized carbons (Fsp3) is 0.481. The summed E-state index contributed by atoms with van der Waals surface area (Å²) in [6.45, 7) is 7.86. The predicted molar refractivity (Wildman–Crippen MR) is 134 cm³/mol. The van der Waals surface area contributed by atoms with E-state index in [4.69, 9.17) is 4.74 Å².